The highest BCUT2D eigenvalue weighted by atomic mass is 32.2. The number of aryl methyl sites for hydroxylation is 1. The molecule has 0 heterocycles. The van der Waals surface area contributed by atoms with Crippen molar-refractivity contribution >= 4 is 16.0 Å². The minimum atomic E-state index is -4.30. The van der Waals surface area contributed by atoms with E-state index in [2.05, 4.69) is 11.9 Å². The summed E-state index contributed by atoms with van der Waals surface area (Å²) in [5.41, 5.74) is 2.40. The molecule has 0 saturated heterocycles. The molecule has 0 aliphatic carbocycles. The number of carbonyl (C=O) groups is 1. The van der Waals surface area contributed by atoms with Crippen LogP contribution in [0.4, 0.5) is 0 Å². The summed E-state index contributed by atoms with van der Waals surface area (Å²) in [6.45, 7) is 8.92. The van der Waals surface area contributed by atoms with Crippen molar-refractivity contribution in [3.8, 4) is 0 Å². The Morgan fingerprint density at radius 2 is 2.05 bits per heavy atom. The lowest BCUT2D eigenvalue weighted by Gasteiger charge is -2.29. The molecule has 0 aromatic heterocycles. The van der Waals surface area contributed by atoms with Gasteiger partial charge in [0.05, 0.1) is 0 Å². The summed E-state index contributed by atoms with van der Waals surface area (Å²) >= 11 is 0. The summed E-state index contributed by atoms with van der Waals surface area (Å²) < 4.78 is 32.2. The van der Waals surface area contributed by atoms with Gasteiger partial charge in [0.2, 0.25) is 5.91 Å². The molecule has 2 N–H and O–H groups in total. The molecule has 0 saturated carbocycles. The van der Waals surface area contributed by atoms with Crippen molar-refractivity contribution in [3.05, 3.63) is 47.5 Å². The molecule has 0 spiro atoms. The standard InChI is InChI=1S/C16H23NO4S/c1-5-15(18)17-11-7-10-16(4,22(19,20)21)14-9-6-8-12(2)13(14)3/h5-6,8-9H,1,7,10-11H2,2-4H3,(H,17,18)(H,19,20,21). The number of benzene rings is 1. The second-order valence-electron chi connectivity index (χ2n) is 5.55. The highest BCUT2D eigenvalue weighted by Crippen LogP contribution is 2.36. The molecule has 5 nitrogen and oxygen atoms in total. The molecule has 22 heavy (non-hydrogen) atoms. The molecule has 1 amide bonds. The highest BCUT2D eigenvalue weighted by molar-refractivity contribution is 7.86. The molecule has 6 heteroatoms. The Morgan fingerprint density at radius 3 is 2.59 bits per heavy atom. The van der Waals surface area contributed by atoms with Gasteiger partial charge in [0.25, 0.3) is 10.1 Å². The molecule has 0 aliphatic heterocycles. The van der Waals surface area contributed by atoms with Gasteiger partial charge in [0.1, 0.15) is 4.75 Å². The van der Waals surface area contributed by atoms with Gasteiger partial charge in [-0.2, -0.15) is 8.42 Å². The van der Waals surface area contributed by atoms with Crippen LogP contribution in [0.1, 0.15) is 36.5 Å². The SMILES string of the molecule is C=CC(=O)NCCCC(C)(c1cccc(C)c1C)S(=O)(=O)O. The van der Waals surface area contributed by atoms with Crippen LogP contribution in [0.15, 0.2) is 30.9 Å². The molecule has 1 rings (SSSR count). The lowest BCUT2D eigenvalue weighted by Crippen LogP contribution is -2.34. The van der Waals surface area contributed by atoms with Crippen molar-refractivity contribution in [2.24, 2.45) is 0 Å². The topological polar surface area (TPSA) is 83.5 Å². The van der Waals surface area contributed by atoms with Gasteiger partial charge in [-0.1, -0.05) is 24.8 Å². The lowest BCUT2D eigenvalue weighted by atomic mass is 9.89. The van der Waals surface area contributed by atoms with Crippen LogP contribution in [0.25, 0.3) is 0 Å². The van der Waals surface area contributed by atoms with Gasteiger partial charge in [0, 0.05) is 6.54 Å². The van der Waals surface area contributed by atoms with E-state index in [4.69, 9.17) is 0 Å². The first kappa shape index (κ1) is 18.4. The van der Waals surface area contributed by atoms with Gasteiger partial charge in [-0.15, -0.1) is 0 Å². The van der Waals surface area contributed by atoms with E-state index in [1.165, 1.54) is 6.92 Å². The molecule has 0 aliphatic rings. The highest BCUT2D eigenvalue weighted by Gasteiger charge is 2.40. The van der Waals surface area contributed by atoms with E-state index < -0.39 is 14.9 Å². The summed E-state index contributed by atoms with van der Waals surface area (Å²) in [4.78, 5) is 11.1. The zero-order valence-corrected chi connectivity index (χ0v) is 14.0. The first-order valence-corrected chi connectivity index (χ1v) is 8.51. The first-order chi connectivity index (χ1) is 10.1. The van der Waals surface area contributed by atoms with Gasteiger partial charge in [-0.05, 0) is 56.4 Å². The molecule has 1 unspecified atom stereocenters. The third-order valence-corrected chi connectivity index (χ3v) is 5.62. The summed E-state index contributed by atoms with van der Waals surface area (Å²) in [7, 11) is -4.30. The quantitative estimate of drug-likeness (QED) is 0.458. The summed E-state index contributed by atoms with van der Waals surface area (Å²) in [6.07, 6.45) is 1.78. The molecule has 1 aromatic carbocycles. The number of hydrogen-bond acceptors (Lipinski definition) is 3. The predicted octanol–water partition coefficient (Wildman–Crippen LogP) is 2.49. The van der Waals surface area contributed by atoms with Gasteiger partial charge in [0.15, 0.2) is 0 Å². The Hall–Kier alpha value is -1.66. The number of hydrogen-bond donors (Lipinski definition) is 2. The van der Waals surface area contributed by atoms with E-state index in [9.17, 15) is 17.8 Å². The number of nitrogens with one attached hydrogen (secondary N) is 1. The van der Waals surface area contributed by atoms with E-state index in [1.807, 2.05) is 19.9 Å². The normalized spacial score (nSPS) is 14.2. The minimum Gasteiger partial charge on any atom is -0.353 e. The lowest BCUT2D eigenvalue weighted by molar-refractivity contribution is -0.116. The Bertz CT molecular complexity index is 667. The number of rotatable bonds is 7. The third-order valence-electron chi connectivity index (χ3n) is 4.06. The smallest absolute Gasteiger partial charge is 0.274 e. The number of amides is 1. The van der Waals surface area contributed by atoms with E-state index in [-0.39, 0.29) is 12.3 Å². The summed E-state index contributed by atoms with van der Waals surface area (Å²) in [5.74, 6) is -0.305. The van der Waals surface area contributed by atoms with Crippen LogP contribution in [-0.4, -0.2) is 25.4 Å². The average Bonchev–Trinajstić information content (AvgIpc) is 2.44. The van der Waals surface area contributed by atoms with Crippen LogP contribution in [0.2, 0.25) is 0 Å². The Labute approximate surface area is 132 Å². The molecular weight excluding hydrogens is 302 g/mol. The maximum absolute atomic E-state index is 12.0. The van der Waals surface area contributed by atoms with Crippen LogP contribution >= 0.6 is 0 Å². The minimum absolute atomic E-state index is 0.202. The van der Waals surface area contributed by atoms with Gasteiger partial charge >= 0.3 is 0 Å². The largest absolute Gasteiger partial charge is 0.353 e. The zero-order chi connectivity index (χ0) is 17.0. The second-order valence-corrected chi connectivity index (χ2v) is 7.40. The Morgan fingerprint density at radius 1 is 1.41 bits per heavy atom. The van der Waals surface area contributed by atoms with Crippen LogP contribution in [0.3, 0.4) is 0 Å². The monoisotopic (exact) mass is 325 g/mol. The number of carbonyl (C=O) groups excluding carboxylic acids is 1. The van der Waals surface area contributed by atoms with E-state index in [0.717, 1.165) is 17.2 Å². The van der Waals surface area contributed by atoms with Crippen LogP contribution in [-0.2, 0) is 19.7 Å². The molecule has 1 atom stereocenters. The van der Waals surface area contributed by atoms with E-state index in [0.29, 0.717) is 18.5 Å². The fraction of sp³-hybridized carbons (Fsp3) is 0.438. The van der Waals surface area contributed by atoms with Crippen molar-refractivity contribution in [2.75, 3.05) is 6.54 Å². The molecule has 1 aromatic rings. The third kappa shape index (κ3) is 3.96. The molecule has 0 bridgehead atoms. The first-order valence-electron chi connectivity index (χ1n) is 7.07. The average molecular weight is 325 g/mol. The van der Waals surface area contributed by atoms with Crippen molar-refractivity contribution in [1.29, 1.82) is 0 Å². The van der Waals surface area contributed by atoms with Gasteiger partial charge < -0.3 is 5.32 Å². The fourth-order valence-electron chi connectivity index (χ4n) is 2.44. The molecular formula is C16H23NO4S. The van der Waals surface area contributed by atoms with Crippen molar-refractivity contribution < 1.29 is 17.8 Å². The Kier molecular flexibility index (Phi) is 5.91. The van der Waals surface area contributed by atoms with Crippen molar-refractivity contribution in [1.82, 2.24) is 5.32 Å². The zero-order valence-electron chi connectivity index (χ0n) is 13.2. The molecule has 0 fully saturated rings. The van der Waals surface area contributed by atoms with Crippen LogP contribution in [0.5, 0.6) is 0 Å². The van der Waals surface area contributed by atoms with E-state index >= 15 is 0 Å². The molecule has 0 radical (unpaired) electrons. The second kappa shape index (κ2) is 7.07. The maximum atomic E-state index is 12.0. The van der Waals surface area contributed by atoms with Crippen molar-refractivity contribution in [2.45, 2.75) is 38.4 Å². The fourth-order valence-corrected chi connectivity index (χ4v) is 3.34. The van der Waals surface area contributed by atoms with Crippen LogP contribution in [0, 0.1) is 13.8 Å². The van der Waals surface area contributed by atoms with Crippen molar-refractivity contribution in [3.63, 3.8) is 0 Å². The van der Waals surface area contributed by atoms with Gasteiger partial charge in [-0.3, -0.25) is 9.35 Å². The predicted molar refractivity (Wildman–Crippen MR) is 87.3 cm³/mol. The maximum Gasteiger partial charge on any atom is 0.274 e. The summed E-state index contributed by atoms with van der Waals surface area (Å²) in [6, 6.07) is 5.40. The van der Waals surface area contributed by atoms with Gasteiger partial charge in [-0.25, -0.2) is 0 Å². The summed E-state index contributed by atoms with van der Waals surface area (Å²) in [5, 5.41) is 2.60. The molecule has 122 valence electrons. The van der Waals surface area contributed by atoms with E-state index in [1.54, 1.807) is 12.1 Å². The Balaban J connectivity index is 3.04. The van der Waals surface area contributed by atoms with Crippen LogP contribution < -0.4 is 5.32 Å².